The normalized spacial score (nSPS) is 11.1. The Labute approximate surface area is 116 Å². The molecule has 0 aliphatic rings. The summed E-state index contributed by atoms with van der Waals surface area (Å²) in [4.78, 5) is 22.6. The Hall–Kier alpha value is -1.96. The number of carbonyl (C=O) groups is 2. The summed E-state index contributed by atoms with van der Waals surface area (Å²) >= 11 is 5.74. The number of nitrogens with zero attached hydrogens (tertiary/aromatic N) is 1. The zero-order valence-electron chi connectivity index (χ0n) is 10.2. The second-order valence-electron chi connectivity index (χ2n) is 3.90. The molecule has 9 heteroatoms. The van der Waals surface area contributed by atoms with Gasteiger partial charge < -0.3 is 15.3 Å². The lowest BCUT2D eigenvalue weighted by molar-refractivity contribution is -0.137. The first-order chi connectivity index (χ1) is 9.10. The molecule has 0 saturated heterocycles. The second kappa shape index (κ2) is 6.00. The van der Waals surface area contributed by atoms with Crippen LogP contribution in [0.3, 0.4) is 0 Å². The van der Waals surface area contributed by atoms with Gasteiger partial charge in [-0.3, -0.25) is 0 Å². The average Bonchev–Trinajstić information content (AvgIpc) is 2.29. The van der Waals surface area contributed by atoms with Gasteiger partial charge in [-0.15, -0.1) is 0 Å². The summed E-state index contributed by atoms with van der Waals surface area (Å²) in [6.07, 6.45) is -4.51. The van der Waals surface area contributed by atoms with Gasteiger partial charge in [0.05, 0.1) is 16.3 Å². The van der Waals surface area contributed by atoms with Crippen LogP contribution in [0.2, 0.25) is 5.02 Å². The Kier molecular flexibility index (Phi) is 4.83. The Morgan fingerprint density at radius 1 is 1.40 bits per heavy atom. The van der Waals surface area contributed by atoms with E-state index in [4.69, 9.17) is 16.7 Å². The second-order valence-corrected chi connectivity index (χ2v) is 4.31. The third-order valence-corrected chi connectivity index (χ3v) is 2.53. The van der Waals surface area contributed by atoms with Crippen LogP contribution in [0, 0.1) is 0 Å². The minimum atomic E-state index is -4.51. The van der Waals surface area contributed by atoms with E-state index in [2.05, 4.69) is 5.32 Å². The zero-order chi connectivity index (χ0) is 15.5. The monoisotopic (exact) mass is 310 g/mol. The molecule has 0 saturated carbocycles. The Bertz CT molecular complexity index is 534. The zero-order valence-corrected chi connectivity index (χ0v) is 10.9. The highest BCUT2D eigenvalue weighted by Gasteiger charge is 2.31. The van der Waals surface area contributed by atoms with Gasteiger partial charge in [0.2, 0.25) is 0 Å². The standard InChI is InChI=1S/C11H10ClF3N2O3/c1-17(5-11(13,14)15)10(20)16-8-3-2-6(9(18)19)4-7(8)12/h2-4H,5H2,1H3,(H,16,20)(H,18,19). The van der Waals surface area contributed by atoms with Crippen LogP contribution in [0.1, 0.15) is 10.4 Å². The van der Waals surface area contributed by atoms with Gasteiger partial charge in [0.25, 0.3) is 0 Å². The fraction of sp³-hybridized carbons (Fsp3) is 0.273. The SMILES string of the molecule is CN(CC(F)(F)F)C(=O)Nc1ccc(C(=O)O)cc1Cl. The van der Waals surface area contributed by atoms with Crippen LogP contribution >= 0.6 is 11.6 Å². The van der Waals surface area contributed by atoms with Crippen molar-refractivity contribution in [2.24, 2.45) is 0 Å². The number of aromatic carboxylic acids is 1. The third-order valence-electron chi connectivity index (χ3n) is 2.22. The van der Waals surface area contributed by atoms with Crippen LogP contribution < -0.4 is 5.32 Å². The number of nitrogens with one attached hydrogen (secondary N) is 1. The Morgan fingerprint density at radius 2 is 2.00 bits per heavy atom. The van der Waals surface area contributed by atoms with Crippen molar-refractivity contribution in [2.75, 3.05) is 18.9 Å². The van der Waals surface area contributed by atoms with Gasteiger partial charge in [0.1, 0.15) is 6.54 Å². The Morgan fingerprint density at radius 3 is 2.45 bits per heavy atom. The summed E-state index contributed by atoms with van der Waals surface area (Å²) in [6, 6.07) is 2.45. The molecule has 1 rings (SSSR count). The number of halogens is 4. The average molecular weight is 311 g/mol. The summed E-state index contributed by atoms with van der Waals surface area (Å²) < 4.78 is 36.3. The highest BCUT2D eigenvalue weighted by atomic mass is 35.5. The van der Waals surface area contributed by atoms with Gasteiger partial charge in [0, 0.05) is 7.05 Å². The molecule has 110 valence electrons. The molecule has 0 radical (unpaired) electrons. The molecule has 1 aromatic carbocycles. The van der Waals surface area contributed by atoms with Gasteiger partial charge in [-0.25, -0.2) is 9.59 Å². The number of rotatable bonds is 3. The van der Waals surface area contributed by atoms with Gasteiger partial charge in [-0.2, -0.15) is 13.2 Å². The molecule has 2 amide bonds. The molecule has 0 fully saturated rings. The molecule has 2 N–H and O–H groups in total. The summed E-state index contributed by atoms with van der Waals surface area (Å²) in [7, 11) is 0.975. The van der Waals surface area contributed by atoms with E-state index in [1.165, 1.54) is 12.1 Å². The number of anilines is 1. The molecule has 0 atom stereocenters. The lowest BCUT2D eigenvalue weighted by atomic mass is 10.2. The van der Waals surface area contributed by atoms with Gasteiger partial charge >= 0.3 is 18.2 Å². The minimum absolute atomic E-state index is 0.0238. The van der Waals surface area contributed by atoms with Crippen LogP contribution in [0.25, 0.3) is 0 Å². The van der Waals surface area contributed by atoms with Crippen molar-refractivity contribution >= 4 is 29.3 Å². The lowest BCUT2D eigenvalue weighted by Gasteiger charge is -2.19. The molecule has 0 aromatic heterocycles. The van der Waals surface area contributed by atoms with E-state index in [-0.39, 0.29) is 16.3 Å². The smallest absolute Gasteiger partial charge is 0.406 e. The largest absolute Gasteiger partial charge is 0.478 e. The first-order valence-electron chi connectivity index (χ1n) is 5.22. The lowest BCUT2D eigenvalue weighted by Crippen LogP contribution is -2.38. The number of carboxylic acids is 1. The van der Waals surface area contributed by atoms with E-state index in [1.54, 1.807) is 0 Å². The highest BCUT2D eigenvalue weighted by Crippen LogP contribution is 2.24. The maximum atomic E-state index is 12.1. The van der Waals surface area contributed by atoms with Gasteiger partial charge in [0.15, 0.2) is 0 Å². The van der Waals surface area contributed by atoms with Crippen molar-refractivity contribution in [1.82, 2.24) is 4.90 Å². The third kappa shape index (κ3) is 4.61. The summed E-state index contributed by atoms with van der Waals surface area (Å²) in [6.45, 7) is -1.41. The number of hydrogen-bond donors (Lipinski definition) is 2. The fourth-order valence-electron chi connectivity index (χ4n) is 1.30. The van der Waals surface area contributed by atoms with Crippen LogP contribution in [0.4, 0.5) is 23.7 Å². The van der Waals surface area contributed by atoms with E-state index in [1.807, 2.05) is 0 Å². The van der Waals surface area contributed by atoms with Gasteiger partial charge in [-0.1, -0.05) is 11.6 Å². The van der Waals surface area contributed by atoms with E-state index in [0.29, 0.717) is 4.90 Å². The maximum absolute atomic E-state index is 12.1. The number of alkyl halides is 3. The molecule has 0 aliphatic heterocycles. The van der Waals surface area contributed by atoms with Crippen molar-refractivity contribution in [3.63, 3.8) is 0 Å². The van der Waals surface area contributed by atoms with Crippen molar-refractivity contribution < 1.29 is 27.9 Å². The molecule has 1 aromatic rings. The molecule has 0 bridgehead atoms. The molecule has 0 spiro atoms. The fourth-order valence-corrected chi connectivity index (χ4v) is 1.53. The van der Waals surface area contributed by atoms with Crippen molar-refractivity contribution in [2.45, 2.75) is 6.18 Å². The molecule has 0 aliphatic carbocycles. The predicted octanol–water partition coefficient (Wildman–Crippen LogP) is 3.06. The molecular formula is C11H10ClF3N2O3. The Balaban J connectivity index is 2.78. The molecular weight excluding hydrogens is 301 g/mol. The summed E-state index contributed by atoms with van der Waals surface area (Å²) in [5.41, 5.74) is -0.0765. The number of urea groups is 1. The first-order valence-corrected chi connectivity index (χ1v) is 5.59. The molecule has 0 unspecified atom stereocenters. The quantitative estimate of drug-likeness (QED) is 0.901. The van der Waals surface area contributed by atoms with Crippen LogP contribution in [0.15, 0.2) is 18.2 Å². The number of carbonyl (C=O) groups excluding carboxylic acids is 1. The van der Waals surface area contributed by atoms with E-state index in [0.717, 1.165) is 13.1 Å². The number of carboxylic acid groups (broad SMARTS) is 1. The van der Waals surface area contributed by atoms with Gasteiger partial charge in [-0.05, 0) is 18.2 Å². The van der Waals surface area contributed by atoms with Crippen molar-refractivity contribution in [3.8, 4) is 0 Å². The number of benzene rings is 1. The van der Waals surface area contributed by atoms with Crippen molar-refractivity contribution in [3.05, 3.63) is 28.8 Å². The highest BCUT2D eigenvalue weighted by molar-refractivity contribution is 6.34. The van der Waals surface area contributed by atoms with E-state index < -0.39 is 24.7 Å². The van der Waals surface area contributed by atoms with E-state index >= 15 is 0 Å². The molecule has 5 nitrogen and oxygen atoms in total. The van der Waals surface area contributed by atoms with E-state index in [9.17, 15) is 22.8 Å². The first kappa shape index (κ1) is 16.1. The minimum Gasteiger partial charge on any atom is -0.478 e. The number of hydrogen-bond acceptors (Lipinski definition) is 2. The summed E-state index contributed by atoms with van der Waals surface area (Å²) in [5, 5.41) is 10.8. The number of amides is 2. The van der Waals surface area contributed by atoms with Crippen LogP contribution in [0.5, 0.6) is 0 Å². The molecule has 20 heavy (non-hydrogen) atoms. The summed E-state index contributed by atoms with van der Waals surface area (Å²) in [5.74, 6) is -1.21. The topological polar surface area (TPSA) is 69.6 Å². The van der Waals surface area contributed by atoms with Crippen LogP contribution in [-0.2, 0) is 0 Å². The molecule has 0 heterocycles. The van der Waals surface area contributed by atoms with Crippen molar-refractivity contribution in [1.29, 1.82) is 0 Å². The maximum Gasteiger partial charge on any atom is 0.406 e. The van der Waals surface area contributed by atoms with Crippen LogP contribution in [-0.4, -0.2) is 41.8 Å². The predicted molar refractivity (Wildman–Crippen MR) is 66.1 cm³/mol.